The largest absolute Gasteiger partial charge is 0.481 e. The molecule has 138 valence electrons. The molecule has 1 aliphatic rings. The summed E-state index contributed by atoms with van der Waals surface area (Å²) < 4.78 is 32.4. The summed E-state index contributed by atoms with van der Waals surface area (Å²) in [6.07, 6.45) is 0. The van der Waals surface area contributed by atoms with E-state index in [2.05, 4.69) is 15.9 Å². The highest BCUT2D eigenvalue weighted by atomic mass is 79.9. The van der Waals surface area contributed by atoms with Crippen LogP contribution in [0.1, 0.15) is 17.0 Å². The Bertz CT molecular complexity index is 921. The van der Waals surface area contributed by atoms with Crippen LogP contribution >= 0.6 is 15.9 Å². The number of aliphatic carboxylic acids is 1. The second-order valence-corrected chi connectivity index (χ2v) is 9.57. The number of sulfone groups is 1. The third-order valence-electron chi connectivity index (χ3n) is 4.95. The predicted molar refractivity (Wildman–Crippen MR) is 101 cm³/mol. The van der Waals surface area contributed by atoms with Crippen molar-refractivity contribution < 1.29 is 23.1 Å². The first-order valence-electron chi connectivity index (χ1n) is 8.03. The standard InChI is InChI=1S/C19H19BrO5S/c1-12-3-9-15(10-4-12)26(23,24)17-16(13-5-7-14(20)8-6-13)19(17,11-25-2)18(21)22/h3-10,16-17H,11H2,1-2H3,(H,21,22)/t16-,17+,19+/m1/s1. The molecule has 0 spiro atoms. The second kappa shape index (κ2) is 6.79. The lowest BCUT2D eigenvalue weighted by molar-refractivity contribution is -0.145. The molecule has 2 aromatic rings. The molecule has 0 heterocycles. The molecule has 2 aromatic carbocycles. The lowest BCUT2D eigenvalue weighted by Crippen LogP contribution is -2.28. The average Bonchev–Trinajstić information content (AvgIpc) is 3.27. The average molecular weight is 439 g/mol. The van der Waals surface area contributed by atoms with Crippen LogP contribution in [-0.2, 0) is 19.4 Å². The molecule has 1 saturated carbocycles. The molecule has 1 fully saturated rings. The predicted octanol–water partition coefficient (Wildman–Crippen LogP) is 3.41. The zero-order chi connectivity index (χ0) is 19.1. The number of aryl methyl sites for hydroxylation is 1. The van der Waals surface area contributed by atoms with Gasteiger partial charge in [-0.2, -0.15) is 0 Å². The molecule has 7 heteroatoms. The van der Waals surface area contributed by atoms with Crippen LogP contribution in [0, 0.1) is 12.3 Å². The minimum Gasteiger partial charge on any atom is -0.481 e. The summed E-state index contributed by atoms with van der Waals surface area (Å²) in [4.78, 5) is 12.2. The van der Waals surface area contributed by atoms with Crippen molar-refractivity contribution in [2.75, 3.05) is 13.7 Å². The van der Waals surface area contributed by atoms with Crippen molar-refractivity contribution in [1.29, 1.82) is 0 Å². The van der Waals surface area contributed by atoms with Gasteiger partial charge in [0, 0.05) is 17.5 Å². The van der Waals surface area contributed by atoms with Crippen LogP contribution in [0.4, 0.5) is 0 Å². The van der Waals surface area contributed by atoms with Gasteiger partial charge in [0.05, 0.1) is 16.8 Å². The smallest absolute Gasteiger partial charge is 0.314 e. The molecule has 3 rings (SSSR count). The summed E-state index contributed by atoms with van der Waals surface area (Å²) >= 11 is 3.34. The number of methoxy groups -OCH3 is 1. The number of benzene rings is 2. The number of rotatable bonds is 6. The highest BCUT2D eigenvalue weighted by Gasteiger charge is 2.76. The summed E-state index contributed by atoms with van der Waals surface area (Å²) in [5.41, 5.74) is 0.116. The van der Waals surface area contributed by atoms with Gasteiger partial charge in [-0.25, -0.2) is 8.42 Å². The first-order chi connectivity index (χ1) is 12.2. The molecular formula is C19H19BrO5S. The van der Waals surface area contributed by atoms with Crippen LogP contribution in [0.5, 0.6) is 0 Å². The molecule has 0 amide bonds. The summed E-state index contributed by atoms with van der Waals surface area (Å²) in [6, 6.07) is 13.6. The van der Waals surface area contributed by atoms with Crippen molar-refractivity contribution in [1.82, 2.24) is 0 Å². The second-order valence-electron chi connectivity index (χ2n) is 6.59. The third-order valence-corrected chi connectivity index (χ3v) is 7.77. The van der Waals surface area contributed by atoms with Crippen LogP contribution < -0.4 is 0 Å². The summed E-state index contributed by atoms with van der Waals surface area (Å²) in [7, 11) is -2.45. The molecule has 0 bridgehead atoms. The molecule has 5 nitrogen and oxygen atoms in total. The fourth-order valence-electron chi connectivity index (χ4n) is 3.60. The monoisotopic (exact) mass is 438 g/mol. The van der Waals surface area contributed by atoms with E-state index in [4.69, 9.17) is 4.74 Å². The molecule has 1 N–H and O–H groups in total. The summed E-state index contributed by atoms with van der Waals surface area (Å²) in [6.45, 7) is 1.70. The zero-order valence-electron chi connectivity index (χ0n) is 14.3. The van der Waals surface area contributed by atoms with E-state index < -0.39 is 32.4 Å². The molecule has 0 aromatic heterocycles. The van der Waals surface area contributed by atoms with Crippen LogP contribution in [0.15, 0.2) is 57.9 Å². The van der Waals surface area contributed by atoms with Gasteiger partial charge in [0.25, 0.3) is 0 Å². The molecule has 0 saturated heterocycles. The van der Waals surface area contributed by atoms with Crippen molar-refractivity contribution in [2.24, 2.45) is 5.41 Å². The van der Waals surface area contributed by atoms with Gasteiger partial charge in [-0.3, -0.25) is 4.79 Å². The van der Waals surface area contributed by atoms with Gasteiger partial charge < -0.3 is 9.84 Å². The zero-order valence-corrected chi connectivity index (χ0v) is 16.7. The number of halogens is 1. The minimum atomic E-state index is -3.84. The molecule has 0 radical (unpaired) electrons. The van der Waals surface area contributed by atoms with Crippen molar-refractivity contribution in [2.45, 2.75) is 23.0 Å². The SMILES string of the molecule is COC[C@]1(C(=O)O)[C@H](c2ccc(Br)cc2)[C@@H]1S(=O)(=O)c1ccc(C)cc1. The number of hydrogen-bond donors (Lipinski definition) is 1. The first kappa shape index (κ1) is 19.1. The van der Waals surface area contributed by atoms with E-state index in [0.29, 0.717) is 5.56 Å². The molecule has 0 unspecified atom stereocenters. The lowest BCUT2D eigenvalue weighted by Gasteiger charge is -2.12. The van der Waals surface area contributed by atoms with Gasteiger partial charge in [-0.1, -0.05) is 45.8 Å². The van der Waals surface area contributed by atoms with Crippen LogP contribution in [-0.4, -0.2) is 38.5 Å². The van der Waals surface area contributed by atoms with Crippen molar-refractivity contribution in [3.05, 3.63) is 64.1 Å². The van der Waals surface area contributed by atoms with E-state index in [1.165, 1.54) is 19.2 Å². The molecule has 3 atom stereocenters. The summed E-state index contributed by atoms with van der Waals surface area (Å²) in [5.74, 6) is -1.83. The quantitative estimate of drug-likeness (QED) is 0.746. The Morgan fingerprint density at radius 1 is 1.15 bits per heavy atom. The first-order valence-corrected chi connectivity index (χ1v) is 10.4. The Kier molecular flexibility index (Phi) is 4.98. The normalized spacial score (nSPS) is 25.0. The Morgan fingerprint density at radius 3 is 2.23 bits per heavy atom. The van der Waals surface area contributed by atoms with E-state index in [9.17, 15) is 18.3 Å². The highest BCUT2D eigenvalue weighted by Crippen LogP contribution is 2.64. The fourth-order valence-corrected chi connectivity index (χ4v) is 6.23. The number of carbonyl (C=O) groups is 1. The van der Waals surface area contributed by atoms with Crippen molar-refractivity contribution in [3.63, 3.8) is 0 Å². The Morgan fingerprint density at radius 2 is 1.73 bits per heavy atom. The van der Waals surface area contributed by atoms with Gasteiger partial charge in [0.15, 0.2) is 9.84 Å². The van der Waals surface area contributed by atoms with Gasteiger partial charge >= 0.3 is 5.97 Å². The Labute approximate surface area is 161 Å². The maximum absolute atomic E-state index is 13.2. The van der Waals surface area contributed by atoms with Crippen LogP contribution in [0.2, 0.25) is 0 Å². The number of ether oxygens (including phenoxy) is 1. The highest BCUT2D eigenvalue weighted by molar-refractivity contribution is 9.10. The van der Waals surface area contributed by atoms with E-state index in [1.807, 2.05) is 6.92 Å². The molecule has 26 heavy (non-hydrogen) atoms. The summed E-state index contributed by atoms with van der Waals surface area (Å²) in [5, 5.41) is 8.82. The van der Waals surface area contributed by atoms with E-state index in [-0.39, 0.29) is 11.5 Å². The topological polar surface area (TPSA) is 80.7 Å². The lowest BCUT2D eigenvalue weighted by atomic mass is 10.0. The van der Waals surface area contributed by atoms with E-state index in [1.54, 1.807) is 36.4 Å². The molecule has 0 aliphatic heterocycles. The van der Waals surface area contributed by atoms with Gasteiger partial charge in [-0.05, 0) is 36.8 Å². The molecular weight excluding hydrogens is 420 g/mol. The van der Waals surface area contributed by atoms with Crippen molar-refractivity contribution >= 4 is 31.7 Å². The van der Waals surface area contributed by atoms with Crippen LogP contribution in [0.25, 0.3) is 0 Å². The fraction of sp³-hybridized carbons (Fsp3) is 0.316. The van der Waals surface area contributed by atoms with Gasteiger partial charge in [0.2, 0.25) is 0 Å². The minimum absolute atomic E-state index is 0.134. The Balaban J connectivity index is 2.11. The Hall–Kier alpha value is -1.70. The van der Waals surface area contributed by atoms with E-state index >= 15 is 0 Å². The van der Waals surface area contributed by atoms with Crippen LogP contribution in [0.3, 0.4) is 0 Å². The van der Waals surface area contributed by atoms with E-state index in [0.717, 1.165) is 10.0 Å². The number of carboxylic acid groups (broad SMARTS) is 1. The van der Waals surface area contributed by atoms with Gasteiger partial charge in [0.1, 0.15) is 5.41 Å². The third kappa shape index (κ3) is 2.98. The maximum atomic E-state index is 13.2. The number of hydrogen-bond acceptors (Lipinski definition) is 4. The maximum Gasteiger partial charge on any atom is 0.314 e. The number of carboxylic acids is 1. The van der Waals surface area contributed by atoms with Gasteiger partial charge in [-0.15, -0.1) is 0 Å². The van der Waals surface area contributed by atoms with Crippen molar-refractivity contribution in [3.8, 4) is 0 Å². The molecule has 1 aliphatic carbocycles.